The number of hydrogen-bond donors (Lipinski definition) is 1. The number of amides is 1. The van der Waals surface area contributed by atoms with E-state index in [1.807, 2.05) is 25.1 Å². The maximum absolute atomic E-state index is 13.0. The topological polar surface area (TPSA) is 46.9 Å². The lowest BCUT2D eigenvalue weighted by molar-refractivity contribution is 0.0938. The number of carbonyl (C=O) groups excluding carboxylic acids is 1. The Morgan fingerprint density at radius 3 is 2.60 bits per heavy atom. The highest BCUT2D eigenvalue weighted by Gasteiger charge is 2.12. The fourth-order valence-corrected chi connectivity index (χ4v) is 2.58. The van der Waals surface area contributed by atoms with E-state index < -0.39 is 0 Å². The lowest BCUT2D eigenvalue weighted by Crippen LogP contribution is -2.32. The van der Waals surface area contributed by atoms with Gasteiger partial charge in [0.2, 0.25) is 0 Å². The Morgan fingerprint density at radius 1 is 1.16 bits per heavy atom. The monoisotopic (exact) mass is 337 g/mol. The summed E-state index contributed by atoms with van der Waals surface area (Å²) in [7, 11) is 0. The molecular formula is C20H20FN3O. The van der Waals surface area contributed by atoms with Gasteiger partial charge in [-0.25, -0.2) is 9.07 Å². The third-order valence-corrected chi connectivity index (χ3v) is 4.02. The predicted molar refractivity (Wildman–Crippen MR) is 95.2 cm³/mol. The highest BCUT2D eigenvalue weighted by Crippen LogP contribution is 2.10. The SMILES string of the molecule is C[C@H](CCc1ccccc1)NC(=O)c1cnn(-c2ccc(F)cc2)c1. The Balaban J connectivity index is 1.57. The molecule has 0 saturated carbocycles. The molecule has 0 radical (unpaired) electrons. The summed E-state index contributed by atoms with van der Waals surface area (Å²) in [5, 5.41) is 7.16. The molecule has 0 fully saturated rings. The van der Waals surface area contributed by atoms with E-state index in [9.17, 15) is 9.18 Å². The lowest BCUT2D eigenvalue weighted by Gasteiger charge is -2.13. The van der Waals surface area contributed by atoms with Gasteiger partial charge in [0.05, 0.1) is 17.4 Å². The highest BCUT2D eigenvalue weighted by atomic mass is 19.1. The summed E-state index contributed by atoms with van der Waals surface area (Å²) in [5.41, 5.74) is 2.45. The number of nitrogens with one attached hydrogen (secondary N) is 1. The van der Waals surface area contributed by atoms with Gasteiger partial charge >= 0.3 is 0 Å². The molecular weight excluding hydrogens is 317 g/mol. The minimum Gasteiger partial charge on any atom is -0.349 e. The van der Waals surface area contributed by atoms with Gasteiger partial charge in [-0.2, -0.15) is 5.10 Å². The van der Waals surface area contributed by atoms with E-state index in [0.29, 0.717) is 11.3 Å². The van der Waals surface area contributed by atoms with Crippen molar-refractivity contribution in [2.75, 3.05) is 0 Å². The predicted octanol–water partition coefficient (Wildman–Crippen LogP) is 3.76. The van der Waals surface area contributed by atoms with Gasteiger partial charge in [0.15, 0.2) is 0 Å². The van der Waals surface area contributed by atoms with E-state index in [2.05, 4.69) is 22.5 Å². The van der Waals surface area contributed by atoms with Crippen LogP contribution < -0.4 is 5.32 Å². The Bertz CT molecular complexity index is 828. The first-order chi connectivity index (χ1) is 12.1. The molecule has 0 saturated heterocycles. The molecule has 0 unspecified atom stereocenters. The molecule has 3 aromatic rings. The number of carbonyl (C=O) groups is 1. The first kappa shape index (κ1) is 16.9. The third-order valence-electron chi connectivity index (χ3n) is 4.02. The van der Waals surface area contributed by atoms with Crippen LogP contribution in [0.2, 0.25) is 0 Å². The van der Waals surface area contributed by atoms with Crippen LogP contribution in [0, 0.1) is 5.82 Å². The molecule has 5 heteroatoms. The van der Waals surface area contributed by atoms with Gasteiger partial charge in [0.1, 0.15) is 5.82 Å². The normalized spacial score (nSPS) is 11.9. The van der Waals surface area contributed by atoms with Gasteiger partial charge in [-0.05, 0) is 49.6 Å². The minimum absolute atomic E-state index is 0.0573. The summed E-state index contributed by atoms with van der Waals surface area (Å²) in [6.07, 6.45) is 4.94. The van der Waals surface area contributed by atoms with Gasteiger partial charge in [0.25, 0.3) is 5.91 Å². The van der Waals surface area contributed by atoms with Crippen LogP contribution in [0.4, 0.5) is 4.39 Å². The van der Waals surface area contributed by atoms with E-state index in [4.69, 9.17) is 0 Å². The van der Waals surface area contributed by atoms with Crippen molar-refractivity contribution in [2.45, 2.75) is 25.8 Å². The molecule has 1 heterocycles. The summed E-state index contributed by atoms with van der Waals surface area (Å²) in [4.78, 5) is 12.3. The van der Waals surface area contributed by atoms with Crippen LogP contribution in [0.15, 0.2) is 67.0 Å². The Kier molecular flexibility index (Phi) is 5.23. The Hall–Kier alpha value is -2.95. The van der Waals surface area contributed by atoms with Crippen molar-refractivity contribution < 1.29 is 9.18 Å². The van der Waals surface area contributed by atoms with E-state index >= 15 is 0 Å². The Labute approximate surface area is 146 Å². The van der Waals surface area contributed by atoms with Crippen molar-refractivity contribution >= 4 is 5.91 Å². The average molecular weight is 337 g/mol. The van der Waals surface area contributed by atoms with Gasteiger partial charge in [-0.3, -0.25) is 4.79 Å². The molecule has 0 aliphatic rings. The van der Waals surface area contributed by atoms with Crippen molar-refractivity contribution in [3.05, 3.63) is 83.9 Å². The molecule has 0 spiro atoms. The zero-order chi connectivity index (χ0) is 17.6. The number of rotatable bonds is 6. The van der Waals surface area contributed by atoms with E-state index in [1.54, 1.807) is 23.0 Å². The van der Waals surface area contributed by atoms with Crippen LogP contribution in [0.3, 0.4) is 0 Å². The number of aryl methyl sites for hydroxylation is 1. The van der Waals surface area contributed by atoms with Crippen LogP contribution in [-0.2, 0) is 6.42 Å². The van der Waals surface area contributed by atoms with E-state index in [0.717, 1.165) is 12.8 Å². The Morgan fingerprint density at radius 2 is 1.88 bits per heavy atom. The molecule has 2 aromatic carbocycles. The first-order valence-corrected chi connectivity index (χ1v) is 8.27. The molecule has 128 valence electrons. The lowest BCUT2D eigenvalue weighted by atomic mass is 10.1. The minimum atomic E-state index is -0.305. The fraction of sp³-hybridized carbons (Fsp3) is 0.200. The van der Waals surface area contributed by atoms with Gasteiger partial charge in [0, 0.05) is 12.2 Å². The maximum atomic E-state index is 13.0. The maximum Gasteiger partial charge on any atom is 0.254 e. The van der Waals surface area contributed by atoms with Gasteiger partial charge < -0.3 is 5.32 Å². The molecule has 0 bridgehead atoms. The molecule has 4 nitrogen and oxygen atoms in total. The van der Waals surface area contributed by atoms with Crippen molar-refractivity contribution in [3.63, 3.8) is 0 Å². The second kappa shape index (κ2) is 7.75. The number of hydrogen-bond acceptors (Lipinski definition) is 2. The summed E-state index contributed by atoms with van der Waals surface area (Å²) >= 11 is 0. The zero-order valence-corrected chi connectivity index (χ0v) is 14.0. The molecule has 1 amide bonds. The van der Waals surface area contributed by atoms with Crippen LogP contribution in [-0.4, -0.2) is 21.7 Å². The van der Waals surface area contributed by atoms with Crippen LogP contribution in [0.1, 0.15) is 29.3 Å². The van der Waals surface area contributed by atoms with Gasteiger partial charge in [-0.15, -0.1) is 0 Å². The summed E-state index contributed by atoms with van der Waals surface area (Å²) in [6.45, 7) is 1.99. The van der Waals surface area contributed by atoms with Gasteiger partial charge in [-0.1, -0.05) is 30.3 Å². The number of benzene rings is 2. The number of halogens is 1. The quantitative estimate of drug-likeness (QED) is 0.744. The van der Waals surface area contributed by atoms with Crippen molar-refractivity contribution in [1.82, 2.24) is 15.1 Å². The second-order valence-electron chi connectivity index (χ2n) is 6.05. The van der Waals surface area contributed by atoms with Crippen LogP contribution in [0.5, 0.6) is 0 Å². The summed E-state index contributed by atoms with van der Waals surface area (Å²) in [6, 6.07) is 16.2. The summed E-state index contributed by atoms with van der Waals surface area (Å²) in [5.74, 6) is -0.463. The summed E-state index contributed by atoms with van der Waals surface area (Å²) < 4.78 is 14.5. The first-order valence-electron chi connectivity index (χ1n) is 8.27. The van der Waals surface area contributed by atoms with Crippen LogP contribution >= 0.6 is 0 Å². The van der Waals surface area contributed by atoms with Crippen LogP contribution in [0.25, 0.3) is 5.69 Å². The number of nitrogens with zero attached hydrogens (tertiary/aromatic N) is 2. The highest BCUT2D eigenvalue weighted by molar-refractivity contribution is 5.93. The fourth-order valence-electron chi connectivity index (χ4n) is 2.58. The van der Waals surface area contributed by atoms with Crippen molar-refractivity contribution in [3.8, 4) is 5.69 Å². The zero-order valence-electron chi connectivity index (χ0n) is 14.0. The largest absolute Gasteiger partial charge is 0.349 e. The van der Waals surface area contributed by atoms with Crippen molar-refractivity contribution in [1.29, 1.82) is 0 Å². The van der Waals surface area contributed by atoms with Crippen molar-refractivity contribution in [2.24, 2.45) is 0 Å². The molecule has 25 heavy (non-hydrogen) atoms. The standard InChI is InChI=1S/C20H20FN3O/c1-15(7-8-16-5-3-2-4-6-16)23-20(25)17-13-22-24(14-17)19-11-9-18(21)10-12-19/h2-6,9-15H,7-8H2,1H3,(H,23,25)/t15-/m1/s1. The molecule has 1 atom stereocenters. The number of aromatic nitrogens is 2. The molecule has 3 rings (SSSR count). The smallest absolute Gasteiger partial charge is 0.254 e. The molecule has 0 aliphatic carbocycles. The third kappa shape index (κ3) is 4.53. The second-order valence-corrected chi connectivity index (χ2v) is 6.05. The molecule has 1 N–H and O–H groups in total. The van der Waals surface area contributed by atoms with E-state index in [-0.39, 0.29) is 17.8 Å². The molecule has 1 aromatic heterocycles. The average Bonchev–Trinajstić information content (AvgIpc) is 3.12. The molecule has 0 aliphatic heterocycles. The van der Waals surface area contributed by atoms with E-state index in [1.165, 1.54) is 23.9 Å².